The standard InChI is InChI=1S/C14H25N2O8P.U.V/c1-4-7-22-25(19,23-9-6-15)24-10-13(16-11-17)14(18)21-8-5-12(2)20-3;;/h4,12-13,15H,1,5-10H2,2-3H3,(H,16,17);;/q-2;;/t12-,13+,25?;;/m1../s1. The largest absolute Gasteiger partial charge is 0.676 e. The zero-order chi connectivity index (χ0) is 19.1. The topological polar surface area (TPSA) is 133 Å². The van der Waals surface area contributed by atoms with E-state index in [4.69, 9.17) is 28.8 Å². The summed E-state index contributed by atoms with van der Waals surface area (Å²) in [7, 11) is -2.47. The fraction of sp³-hybridized carbons (Fsp3) is 0.714. The van der Waals surface area contributed by atoms with Crippen LogP contribution in [-0.4, -0.2) is 64.6 Å². The number of carbonyl (C=O) groups is 1. The minimum Gasteiger partial charge on any atom is -0.676 e. The van der Waals surface area contributed by atoms with E-state index in [1.165, 1.54) is 19.6 Å². The van der Waals surface area contributed by atoms with Crippen molar-refractivity contribution in [1.29, 1.82) is 0 Å². The summed E-state index contributed by atoms with van der Waals surface area (Å²) in [6.45, 7) is 4.31. The van der Waals surface area contributed by atoms with E-state index in [-0.39, 0.29) is 82.1 Å². The molecule has 0 rings (SSSR count). The molecule has 0 saturated heterocycles. The van der Waals surface area contributed by atoms with Crippen LogP contribution in [0.3, 0.4) is 0 Å². The van der Waals surface area contributed by atoms with Gasteiger partial charge in [-0.3, -0.25) is 13.6 Å². The van der Waals surface area contributed by atoms with Crippen molar-refractivity contribution in [2.75, 3.05) is 40.1 Å². The monoisotopic (exact) mass is 669 g/mol. The van der Waals surface area contributed by atoms with E-state index in [9.17, 15) is 14.2 Å². The first-order valence-electron chi connectivity index (χ1n) is 7.53. The van der Waals surface area contributed by atoms with Gasteiger partial charge >= 0.3 is 13.8 Å². The molecule has 0 aromatic heterocycles. The van der Waals surface area contributed by atoms with Crippen molar-refractivity contribution < 1.29 is 86.9 Å². The second-order valence-electron chi connectivity index (χ2n) is 4.71. The SMILES string of the molecule is C=CCOP(=O)(OCC[NH-])OC[C@H](N[C-]=O)C(=O)OCC[C@@H](C)OC.[U].[V]. The van der Waals surface area contributed by atoms with Crippen LogP contribution in [0.25, 0.3) is 5.73 Å². The number of carbonyl (C=O) groups excluding carboxylic acids is 2. The Morgan fingerprint density at radius 2 is 2.00 bits per heavy atom. The molecular formula is C14H25N2O8PUV-2. The van der Waals surface area contributed by atoms with Crippen molar-refractivity contribution >= 4 is 20.2 Å². The molecule has 0 fully saturated rings. The average Bonchev–Trinajstić information content (AvgIpc) is 2.61. The second-order valence-corrected chi connectivity index (χ2v) is 6.38. The summed E-state index contributed by atoms with van der Waals surface area (Å²) in [4.78, 5) is 22.5. The maximum absolute atomic E-state index is 12.3. The van der Waals surface area contributed by atoms with E-state index in [0.717, 1.165) is 0 Å². The van der Waals surface area contributed by atoms with Crippen molar-refractivity contribution in [3.05, 3.63) is 18.4 Å². The second kappa shape index (κ2) is 19.7. The van der Waals surface area contributed by atoms with Crippen LogP contribution in [0.4, 0.5) is 0 Å². The van der Waals surface area contributed by atoms with Crippen LogP contribution in [0.5, 0.6) is 0 Å². The van der Waals surface area contributed by atoms with Crippen molar-refractivity contribution in [2.24, 2.45) is 0 Å². The molecule has 1 radical (unpaired) electrons. The Kier molecular flexibility index (Phi) is 23.3. The van der Waals surface area contributed by atoms with Crippen LogP contribution < -0.4 is 5.32 Å². The minimum absolute atomic E-state index is 0. The predicted molar refractivity (Wildman–Crippen MR) is 89.5 cm³/mol. The molecule has 155 valence electrons. The molecule has 1 amide bonds. The molecule has 0 aliphatic rings. The first kappa shape index (κ1) is 32.0. The Morgan fingerprint density at radius 1 is 1.33 bits per heavy atom. The van der Waals surface area contributed by atoms with Gasteiger partial charge in [0.1, 0.15) is 6.04 Å². The first-order chi connectivity index (χ1) is 11.9. The number of hydrogen-bond donors (Lipinski definition) is 1. The number of amides is 1. The fourth-order valence-corrected chi connectivity index (χ4v) is 2.52. The van der Waals surface area contributed by atoms with E-state index in [0.29, 0.717) is 6.42 Å². The Bertz CT molecular complexity index is 461. The summed E-state index contributed by atoms with van der Waals surface area (Å²) in [6.07, 6.45) is 3.06. The fourth-order valence-electron chi connectivity index (χ4n) is 1.36. The van der Waals surface area contributed by atoms with Gasteiger partial charge in [0.05, 0.1) is 25.9 Å². The summed E-state index contributed by atoms with van der Waals surface area (Å²) in [5.41, 5.74) is 7.01. The maximum Gasteiger partial charge on any atom is 0.475 e. The van der Waals surface area contributed by atoms with Crippen LogP contribution in [0.2, 0.25) is 0 Å². The number of esters is 1. The van der Waals surface area contributed by atoms with Gasteiger partial charge in [0.2, 0.25) is 0 Å². The molecule has 0 spiro atoms. The zero-order valence-electron chi connectivity index (χ0n) is 15.3. The van der Waals surface area contributed by atoms with Gasteiger partial charge in [-0.2, -0.15) is 6.41 Å². The van der Waals surface area contributed by atoms with E-state index >= 15 is 0 Å². The van der Waals surface area contributed by atoms with Crippen molar-refractivity contribution in [3.8, 4) is 0 Å². The van der Waals surface area contributed by atoms with Gasteiger partial charge in [0.25, 0.3) is 0 Å². The molecule has 0 saturated carbocycles. The summed E-state index contributed by atoms with van der Waals surface area (Å²) in [6, 6.07) is -1.24. The van der Waals surface area contributed by atoms with Gasteiger partial charge in [-0.1, -0.05) is 6.08 Å². The Balaban J connectivity index is -0.00000288. The van der Waals surface area contributed by atoms with Crippen LogP contribution in [-0.2, 0) is 55.8 Å². The molecule has 0 heterocycles. The van der Waals surface area contributed by atoms with Crippen molar-refractivity contribution in [2.45, 2.75) is 25.5 Å². The van der Waals surface area contributed by atoms with Crippen LogP contribution >= 0.6 is 7.82 Å². The van der Waals surface area contributed by atoms with Crippen molar-refractivity contribution in [3.63, 3.8) is 0 Å². The third-order valence-corrected chi connectivity index (χ3v) is 4.22. The summed E-state index contributed by atoms with van der Waals surface area (Å²) < 4.78 is 37.2. The molecule has 0 aromatic rings. The van der Waals surface area contributed by atoms with Crippen LogP contribution in [0, 0.1) is 31.1 Å². The number of phosphoric acid groups is 1. The quantitative estimate of drug-likeness (QED) is 0.0858. The van der Waals surface area contributed by atoms with Crippen LogP contribution in [0.1, 0.15) is 13.3 Å². The molecule has 27 heavy (non-hydrogen) atoms. The summed E-state index contributed by atoms with van der Waals surface area (Å²) >= 11 is 0. The summed E-state index contributed by atoms with van der Waals surface area (Å²) in [5.74, 6) is -0.789. The molecule has 0 aromatic carbocycles. The number of hydrogen-bond acceptors (Lipinski definition) is 8. The van der Waals surface area contributed by atoms with E-state index in [1.807, 2.05) is 6.92 Å². The van der Waals surface area contributed by atoms with Crippen LogP contribution in [0.15, 0.2) is 12.7 Å². The molecule has 0 aliphatic carbocycles. The minimum atomic E-state index is -4.00. The zero-order valence-corrected chi connectivity index (χ0v) is 21.8. The number of phosphoric ester groups is 1. The number of ether oxygens (including phenoxy) is 2. The van der Waals surface area contributed by atoms with E-state index < -0.39 is 26.4 Å². The van der Waals surface area contributed by atoms with Gasteiger partial charge in [0.15, 0.2) is 0 Å². The average molecular weight is 669 g/mol. The van der Waals surface area contributed by atoms with Gasteiger partial charge < -0.3 is 25.3 Å². The molecule has 13 heteroatoms. The Morgan fingerprint density at radius 3 is 2.52 bits per heavy atom. The molecule has 0 bridgehead atoms. The Hall–Kier alpha value is 0.346. The van der Waals surface area contributed by atoms with Gasteiger partial charge in [-0.05, 0) is 6.92 Å². The maximum atomic E-state index is 12.3. The summed E-state index contributed by atoms with van der Waals surface area (Å²) in [5, 5.41) is 2.09. The molecule has 3 atom stereocenters. The smallest absolute Gasteiger partial charge is 0.475 e. The molecule has 0 aliphatic heterocycles. The first-order valence-corrected chi connectivity index (χ1v) is 8.99. The van der Waals surface area contributed by atoms with Crippen molar-refractivity contribution in [1.82, 2.24) is 5.32 Å². The Labute approximate surface area is 195 Å². The number of rotatable bonds is 16. The van der Waals surface area contributed by atoms with Gasteiger partial charge in [0, 0.05) is 69.8 Å². The molecule has 1 unspecified atom stereocenters. The van der Waals surface area contributed by atoms with Gasteiger partial charge in [-0.15, -0.1) is 13.1 Å². The molecular weight excluding hydrogens is 644 g/mol. The third kappa shape index (κ3) is 15.9. The number of methoxy groups -OCH3 is 1. The third-order valence-electron chi connectivity index (χ3n) is 2.79. The molecule has 2 N–H and O–H groups in total. The van der Waals surface area contributed by atoms with E-state index in [1.54, 1.807) is 0 Å². The normalized spacial score (nSPS) is 14.5. The predicted octanol–water partition coefficient (Wildman–Crippen LogP) is 1.37. The van der Waals surface area contributed by atoms with E-state index in [2.05, 4.69) is 11.9 Å². The number of nitrogens with one attached hydrogen (secondary N) is 2. The molecule has 10 nitrogen and oxygen atoms in total. The van der Waals surface area contributed by atoms with Gasteiger partial charge in [-0.25, -0.2) is 9.36 Å².